The molecule has 0 saturated heterocycles. The Bertz CT molecular complexity index is 517. The Morgan fingerprint density at radius 1 is 1.00 bits per heavy atom. The highest BCUT2D eigenvalue weighted by Gasteiger charge is 2.10. The van der Waals surface area contributed by atoms with Crippen molar-refractivity contribution in [3.63, 3.8) is 0 Å². The van der Waals surface area contributed by atoms with Crippen LogP contribution in [0.15, 0.2) is 36.4 Å². The zero-order chi connectivity index (χ0) is 11.7. The molecule has 0 atom stereocenters. The van der Waals surface area contributed by atoms with E-state index in [9.17, 15) is 9.50 Å². The van der Waals surface area contributed by atoms with Gasteiger partial charge in [-0.25, -0.2) is 4.39 Å². The molecule has 82 valence electrons. The van der Waals surface area contributed by atoms with Crippen molar-refractivity contribution in [3.05, 3.63) is 52.3 Å². The molecule has 0 saturated carbocycles. The summed E-state index contributed by atoms with van der Waals surface area (Å²) in [6.07, 6.45) is 0. The van der Waals surface area contributed by atoms with E-state index in [4.69, 9.17) is 23.2 Å². The quantitative estimate of drug-likeness (QED) is 0.797. The molecule has 0 unspecified atom stereocenters. The van der Waals surface area contributed by atoms with Crippen molar-refractivity contribution in [1.82, 2.24) is 0 Å². The fourth-order valence-electron chi connectivity index (χ4n) is 1.42. The van der Waals surface area contributed by atoms with Gasteiger partial charge in [-0.3, -0.25) is 0 Å². The van der Waals surface area contributed by atoms with Gasteiger partial charge in [0.15, 0.2) is 5.75 Å². The molecule has 0 aliphatic carbocycles. The number of hydrogen-bond acceptors (Lipinski definition) is 1. The van der Waals surface area contributed by atoms with Gasteiger partial charge in [-0.15, -0.1) is 0 Å². The molecule has 2 aromatic rings. The predicted molar refractivity (Wildman–Crippen MR) is 63.5 cm³/mol. The highest BCUT2D eigenvalue weighted by Crippen LogP contribution is 2.36. The first-order valence-electron chi connectivity index (χ1n) is 4.52. The SMILES string of the molecule is Oc1c(Cl)cc(-c2ccccc2F)cc1Cl. The minimum absolute atomic E-state index is 0.103. The topological polar surface area (TPSA) is 20.2 Å². The summed E-state index contributed by atoms with van der Waals surface area (Å²) in [4.78, 5) is 0. The van der Waals surface area contributed by atoms with Gasteiger partial charge in [-0.1, -0.05) is 41.4 Å². The molecule has 0 spiro atoms. The Morgan fingerprint density at radius 2 is 1.56 bits per heavy atom. The molecule has 0 heterocycles. The van der Waals surface area contributed by atoms with Gasteiger partial charge in [0.25, 0.3) is 0 Å². The standard InChI is InChI=1S/C12H7Cl2FO/c13-9-5-7(6-10(14)12(9)16)8-3-1-2-4-11(8)15/h1-6,16H. The van der Waals surface area contributed by atoms with Crippen LogP contribution in [-0.2, 0) is 0 Å². The van der Waals surface area contributed by atoms with E-state index in [0.29, 0.717) is 11.1 Å². The Morgan fingerprint density at radius 3 is 2.12 bits per heavy atom. The van der Waals surface area contributed by atoms with Gasteiger partial charge < -0.3 is 5.11 Å². The van der Waals surface area contributed by atoms with Crippen molar-refractivity contribution < 1.29 is 9.50 Å². The van der Waals surface area contributed by atoms with E-state index in [2.05, 4.69) is 0 Å². The molecule has 0 amide bonds. The number of phenols is 1. The first-order chi connectivity index (χ1) is 7.59. The Balaban J connectivity index is 2.62. The summed E-state index contributed by atoms with van der Waals surface area (Å²) in [7, 11) is 0. The Hall–Kier alpha value is -1.25. The predicted octanol–water partition coefficient (Wildman–Crippen LogP) is 4.51. The van der Waals surface area contributed by atoms with Gasteiger partial charge in [0.2, 0.25) is 0 Å². The third-order valence-electron chi connectivity index (χ3n) is 2.20. The molecular weight excluding hydrogens is 250 g/mol. The van der Waals surface area contributed by atoms with Crippen LogP contribution >= 0.6 is 23.2 Å². The third kappa shape index (κ3) is 1.99. The first kappa shape index (κ1) is 11.2. The lowest BCUT2D eigenvalue weighted by Gasteiger charge is -2.06. The molecule has 16 heavy (non-hydrogen) atoms. The third-order valence-corrected chi connectivity index (χ3v) is 2.78. The number of rotatable bonds is 1. The smallest absolute Gasteiger partial charge is 0.152 e. The molecule has 2 rings (SSSR count). The van der Waals surface area contributed by atoms with E-state index >= 15 is 0 Å². The normalized spacial score (nSPS) is 10.4. The summed E-state index contributed by atoms with van der Waals surface area (Å²) < 4.78 is 13.5. The second kappa shape index (κ2) is 4.32. The summed E-state index contributed by atoms with van der Waals surface area (Å²) in [6, 6.07) is 9.23. The summed E-state index contributed by atoms with van der Waals surface area (Å²) in [5.74, 6) is -0.552. The molecule has 0 bridgehead atoms. The molecule has 1 N–H and O–H groups in total. The summed E-state index contributed by atoms with van der Waals surface area (Å²) in [5, 5.41) is 9.59. The second-order valence-electron chi connectivity index (χ2n) is 3.27. The van der Waals surface area contributed by atoms with E-state index in [1.165, 1.54) is 18.2 Å². The van der Waals surface area contributed by atoms with Crippen molar-refractivity contribution in [1.29, 1.82) is 0 Å². The van der Waals surface area contributed by atoms with Crippen LogP contribution in [0.3, 0.4) is 0 Å². The van der Waals surface area contributed by atoms with E-state index in [1.54, 1.807) is 18.2 Å². The van der Waals surface area contributed by atoms with Crippen LogP contribution in [0.25, 0.3) is 11.1 Å². The summed E-state index contributed by atoms with van der Waals surface area (Å²) >= 11 is 11.5. The van der Waals surface area contributed by atoms with Gasteiger partial charge >= 0.3 is 0 Å². The van der Waals surface area contributed by atoms with E-state index < -0.39 is 0 Å². The van der Waals surface area contributed by atoms with Crippen molar-refractivity contribution in [2.75, 3.05) is 0 Å². The Kier molecular flexibility index (Phi) is 3.03. The van der Waals surface area contributed by atoms with Crippen LogP contribution in [0.2, 0.25) is 10.0 Å². The molecule has 0 aromatic heterocycles. The fourth-order valence-corrected chi connectivity index (χ4v) is 1.90. The summed E-state index contributed by atoms with van der Waals surface area (Å²) in [5.41, 5.74) is 0.928. The van der Waals surface area contributed by atoms with Gasteiger partial charge in [0, 0.05) is 5.56 Å². The van der Waals surface area contributed by atoms with Crippen molar-refractivity contribution in [2.45, 2.75) is 0 Å². The lowest BCUT2D eigenvalue weighted by atomic mass is 10.1. The molecule has 1 nitrogen and oxygen atoms in total. The lowest BCUT2D eigenvalue weighted by Crippen LogP contribution is -1.84. The molecule has 0 fully saturated rings. The van der Waals surface area contributed by atoms with E-state index in [1.807, 2.05) is 0 Å². The largest absolute Gasteiger partial charge is 0.505 e. The number of aromatic hydroxyl groups is 1. The van der Waals surface area contributed by atoms with E-state index in [0.717, 1.165) is 0 Å². The molecule has 0 radical (unpaired) electrons. The molecule has 0 aliphatic heterocycles. The van der Waals surface area contributed by atoms with Gasteiger partial charge in [0.05, 0.1) is 10.0 Å². The van der Waals surface area contributed by atoms with Crippen LogP contribution < -0.4 is 0 Å². The molecule has 0 aliphatic rings. The average Bonchev–Trinajstić information content (AvgIpc) is 2.26. The average molecular weight is 257 g/mol. The Labute approximate surface area is 102 Å². The molecule has 2 aromatic carbocycles. The first-order valence-corrected chi connectivity index (χ1v) is 5.28. The van der Waals surface area contributed by atoms with Crippen LogP contribution in [0, 0.1) is 5.82 Å². The zero-order valence-corrected chi connectivity index (χ0v) is 9.56. The highest BCUT2D eigenvalue weighted by molar-refractivity contribution is 6.37. The van der Waals surface area contributed by atoms with Crippen molar-refractivity contribution in [3.8, 4) is 16.9 Å². The zero-order valence-electron chi connectivity index (χ0n) is 8.05. The van der Waals surface area contributed by atoms with E-state index in [-0.39, 0.29) is 21.6 Å². The maximum atomic E-state index is 13.5. The van der Waals surface area contributed by atoms with Crippen LogP contribution in [-0.4, -0.2) is 5.11 Å². The second-order valence-corrected chi connectivity index (χ2v) is 4.08. The van der Waals surface area contributed by atoms with Crippen molar-refractivity contribution >= 4 is 23.2 Å². The van der Waals surface area contributed by atoms with Gasteiger partial charge in [-0.05, 0) is 23.8 Å². The maximum Gasteiger partial charge on any atom is 0.152 e. The van der Waals surface area contributed by atoms with Crippen LogP contribution in [0.5, 0.6) is 5.75 Å². The highest BCUT2D eigenvalue weighted by atomic mass is 35.5. The number of phenolic OH excluding ortho intramolecular Hbond substituents is 1. The fraction of sp³-hybridized carbons (Fsp3) is 0. The number of halogens is 3. The monoisotopic (exact) mass is 256 g/mol. The van der Waals surface area contributed by atoms with Crippen LogP contribution in [0.4, 0.5) is 4.39 Å². The molecule has 4 heteroatoms. The minimum Gasteiger partial charge on any atom is -0.505 e. The summed E-state index contributed by atoms with van der Waals surface area (Å²) in [6.45, 7) is 0. The maximum absolute atomic E-state index is 13.5. The lowest BCUT2D eigenvalue weighted by molar-refractivity contribution is 0.476. The minimum atomic E-state index is -0.361. The van der Waals surface area contributed by atoms with Gasteiger partial charge in [0.1, 0.15) is 5.82 Å². The molecular formula is C12H7Cl2FO. The van der Waals surface area contributed by atoms with Gasteiger partial charge in [-0.2, -0.15) is 0 Å². The number of benzene rings is 2. The van der Waals surface area contributed by atoms with Crippen molar-refractivity contribution in [2.24, 2.45) is 0 Å². The van der Waals surface area contributed by atoms with Crippen LogP contribution in [0.1, 0.15) is 0 Å². The number of hydrogen-bond donors (Lipinski definition) is 1.